The number of aryl methyl sites for hydroxylation is 1. The molecule has 0 bridgehead atoms. The molecule has 2 saturated carbocycles. The highest BCUT2D eigenvalue weighted by atomic mass is 16.2. The van der Waals surface area contributed by atoms with E-state index in [0.29, 0.717) is 11.6 Å². The number of likely N-dealkylation sites (N-methyl/N-ethyl adjacent to an activating group) is 1. The minimum absolute atomic E-state index is 0.0659. The molecule has 2 amide bonds. The van der Waals surface area contributed by atoms with Crippen molar-refractivity contribution >= 4 is 22.7 Å². The summed E-state index contributed by atoms with van der Waals surface area (Å²) >= 11 is 0. The molecule has 5 nitrogen and oxygen atoms in total. The molecule has 1 aromatic heterocycles. The monoisotopic (exact) mass is 407 g/mol. The second kappa shape index (κ2) is 8.09. The number of carbonyl (C=O) groups excluding carboxylic acids is 2. The molecule has 5 heteroatoms. The molecule has 1 heterocycles. The standard InChI is InChI=1S/C25H33N3O2/c1-28(15-24(29)26-19-9-10-19)25(30)18-8-12-23-21(14-18)20-13-17(7-11-22(20)27-23)16-5-3-2-4-6-16/h8,12,14,16-17,19,27H,2-7,9-11,13,15H2,1H3,(H,26,29). The van der Waals surface area contributed by atoms with Gasteiger partial charge in [0.25, 0.3) is 5.91 Å². The third-order valence-electron chi connectivity index (χ3n) is 7.46. The maximum Gasteiger partial charge on any atom is 0.254 e. The zero-order valence-electron chi connectivity index (χ0n) is 18.0. The minimum atomic E-state index is -0.0857. The Labute approximate surface area is 178 Å². The number of H-pyrrole nitrogens is 1. The van der Waals surface area contributed by atoms with E-state index >= 15 is 0 Å². The second-order valence-electron chi connectivity index (χ2n) is 9.75. The van der Waals surface area contributed by atoms with E-state index in [9.17, 15) is 9.59 Å². The molecular formula is C25H33N3O2. The summed E-state index contributed by atoms with van der Waals surface area (Å²) in [6.45, 7) is 0.113. The molecule has 1 aromatic carbocycles. The van der Waals surface area contributed by atoms with Crippen molar-refractivity contribution in [2.24, 2.45) is 11.8 Å². The third kappa shape index (κ3) is 3.99. The van der Waals surface area contributed by atoms with E-state index < -0.39 is 0 Å². The molecule has 3 aliphatic rings. The molecule has 2 N–H and O–H groups in total. The number of benzene rings is 1. The van der Waals surface area contributed by atoms with Crippen LogP contribution in [0.25, 0.3) is 10.9 Å². The van der Waals surface area contributed by atoms with Crippen LogP contribution in [0, 0.1) is 11.8 Å². The third-order valence-corrected chi connectivity index (χ3v) is 7.46. The summed E-state index contributed by atoms with van der Waals surface area (Å²) in [4.78, 5) is 30.2. The van der Waals surface area contributed by atoms with Crippen molar-refractivity contribution in [3.8, 4) is 0 Å². The first-order valence-electron chi connectivity index (χ1n) is 11.8. The van der Waals surface area contributed by atoms with Gasteiger partial charge < -0.3 is 15.2 Å². The highest BCUT2D eigenvalue weighted by Gasteiger charge is 2.30. The Kier molecular flexibility index (Phi) is 5.30. The first-order valence-corrected chi connectivity index (χ1v) is 11.8. The Morgan fingerprint density at radius 3 is 2.63 bits per heavy atom. The number of nitrogens with one attached hydrogen (secondary N) is 2. The summed E-state index contributed by atoms with van der Waals surface area (Å²) < 4.78 is 0. The van der Waals surface area contributed by atoms with Crippen LogP contribution in [-0.2, 0) is 17.6 Å². The number of aromatic nitrogens is 1. The lowest BCUT2D eigenvalue weighted by atomic mass is 9.72. The fraction of sp³-hybridized carbons (Fsp3) is 0.600. The molecule has 1 atom stereocenters. The van der Waals surface area contributed by atoms with Crippen LogP contribution < -0.4 is 5.32 Å². The Morgan fingerprint density at radius 1 is 1.07 bits per heavy atom. The van der Waals surface area contributed by atoms with Gasteiger partial charge in [0.2, 0.25) is 5.91 Å². The number of hydrogen-bond donors (Lipinski definition) is 2. The maximum atomic E-state index is 13.0. The quantitative estimate of drug-likeness (QED) is 0.780. The van der Waals surface area contributed by atoms with Crippen molar-refractivity contribution in [3.05, 3.63) is 35.0 Å². The van der Waals surface area contributed by atoms with Crippen LogP contribution in [0.5, 0.6) is 0 Å². The first kappa shape index (κ1) is 19.7. The van der Waals surface area contributed by atoms with Gasteiger partial charge in [-0.3, -0.25) is 9.59 Å². The molecule has 0 radical (unpaired) electrons. The lowest BCUT2D eigenvalue weighted by Crippen LogP contribution is -2.39. The van der Waals surface area contributed by atoms with Crippen LogP contribution in [-0.4, -0.2) is 41.3 Å². The van der Waals surface area contributed by atoms with E-state index in [1.54, 1.807) is 7.05 Å². The van der Waals surface area contributed by atoms with Gasteiger partial charge in [-0.05, 0) is 67.7 Å². The number of amides is 2. The summed E-state index contributed by atoms with van der Waals surface area (Å²) in [5.74, 6) is 1.50. The van der Waals surface area contributed by atoms with Crippen molar-refractivity contribution in [3.63, 3.8) is 0 Å². The van der Waals surface area contributed by atoms with Gasteiger partial charge in [-0.2, -0.15) is 0 Å². The number of rotatable bonds is 5. The van der Waals surface area contributed by atoms with Gasteiger partial charge in [0, 0.05) is 35.2 Å². The van der Waals surface area contributed by atoms with E-state index in [-0.39, 0.29) is 18.4 Å². The van der Waals surface area contributed by atoms with Crippen LogP contribution in [0.4, 0.5) is 0 Å². The predicted octanol–water partition coefficient (Wildman–Crippen LogP) is 4.20. The smallest absolute Gasteiger partial charge is 0.254 e. The lowest BCUT2D eigenvalue weighted by molar-refractivity contribution is -0.121. The minimum Gasteiger partial charge on any atom is -0.358 e. The molecule has 1 unspecified atom stereocenters. The van der Waals surface area contributed by atoms with Crippen LogP contribution >= 0.6 is 0 Å². The maximum absolute atomic E-state index is 13.0. The highest BCUT2D eigenvalue weighted by molar-refractivity contribution is 6.00. The lowest BCUT2D eigenvalue weighted by Gasteiger charge is -2.33. The molecular weight excluding hydrogens is 374 g/mol. The van der Waals surface area contributed by atoms with Crippen molar-refractivity contribution in [1.82, 2.24) is 15.2 Å². The van der Waals surface area contributed by atoms with Crippen LogP contribution in [0.15, 0.2) is 18.2 Å². The van der Waals surface area contributed by atoms with Gasteiger partial charge in [0.05, 0.1) is 6.54 Å². The van der Waals surface area contributed by atoms with Gasteiger partial charge >= 0.3 is 0 Å². The largest absolute Gasteiger partial charge is 0.358 e. The molecule has 160 valence electrons. The summed E-state index contributed by atoms with van der Waals surface area (Å²) in [6.07, 6.45) is 12.6. The van der Waals surface area contributed by atoms with E-state index in [2.05, 4.69) is 10.3 Å². The zero-order valence-corrected chi connectivity index (χ0v) is 18.0. The SMILES string of the molecule is CN(CC(=O)NC1CC1)C(=O)c1ccc2[nH]c3c(c2c1)CC(C1CCCCC1)CC3. The Bertz CT molecular complexity index is 953. The number of aromatic amines is 1. The molecule has 2 aromatic rings. The van der Waals surface area contributed by atoms with Crippen LogP contribution in [0.2, 0.25) is 0 Å². The Balaban J connectivity index is 1.33. The summed E-state index contributed by atoms with van der Waals surface area (Å²) in [7, 11) is 1.71. The second-order valence-corrected chi connectivity index (χ2v) is 9.75. The molecule has 3 aliphatic carbocycles. The molecule has 5 rings (SSSR count). The summed E-state index contributed by atoms with van der Waals surface area (Å²) in [5.41, 5.74) is 4.59. The first-order chi connectivity index (χ1) is 14.6. The average molecular weight is 408 g/mol. The van der Waals surface area contributed by atoms with Crippen molar-refractivity contribution in [2.45, 2.75) is 70.3 Å². The molecule has 0 spiro atoms. The highest BCUT2D eigenvalue weighted by Crippen LogP contribution is 2.40. The zero-order chi connectivity index (χ0) is 20.7. The fourth-order valence-corrected chi connectivity index (χ4v) is 5.59. The summed E-state index contributed by atoms with van der Waals surface area (Å²) in [6, 6.07) is 6.29. The summed E-state index contributed by atoms with van der Waals surface area (Å²) in [5, 5.41) is 4.16. The van der Waals surface area contributed by atoms with E-state index in [4.69, 9.17) is 0 Å². The van der Waals surface area contributed by atoms with Crippen molar-refractivity contribution in [1.29, 1.82) is 0 Å². The molecule has 0 saturated heterocycles. The average Bonchev–Trinajstić information content (AvgIpc) is 3.50. The number of carbonyl (C=O) groups is 2. The van der Waals surface area contributed by atoms with Gasteiger partial charge in [0.15, 0.2) is 0 Å². The number of nitrogens with zero attached hydrogens (tertiary/aromatic N) is 1. The Morgan fingerprint density at radius 2 is 1.87 bits per heavy atom. The van der Waals surface area contributed by atoms with Gasteiger partial charge in [-0.15, -0.1) is 0 Å². The number of hydrogen-bond acceptors (Lipinski definition) is 2. The van der Waals surface area contributed by atoms with E-state index in [1.165, 1.54) is 60.1 Å². The van der Waals surface area contributed by atoms with Crippen LogP contribution in [0.1, 0.15) is 73.0 Å². The van der Waals surface area contributed by atoms with E-state index in [0.717, 1.165) is 43.0 Å². The molecule has 30 heavy (non-hydrogen) atoms. The van der Waals surface area contributed by atoms with Gasteiger partial charge in [-0.25, -0.2) is 0 Å². The van der Waals surface area contributed by atoms with Gasteiger partial charge in [-0.1, -0.05) is 32.1 Å². The Hall–Kier alpha value is -2.30. The van der Waals surface area contributed by atoms with Crippen molar-refractivity contribution in [2.75, 3.05) is 13.6 Å². The molecule has 2 fully saturated rings. The predicted molar refractivity (Wildman–Crippen MR) is 119 cm³/mol. The van der Waals surface area contributed by atoms with E-state index in [1.807, 2.05) is 18.2 Å². The normalized spacial score (nSPS) is 22.0. The van der Waals surface area contributed by atoms with Gasteiger partial charge in [0.1, 0.15) is 0 Å². The van der Waals surface area contributed by atoms with Crippen LogP contribution in [0.3, 0.4) is 0 Å². The fourth-order valence-electron chi connectivity index (χ4n) is 5.59. The topological polar surface area (TPSA) is 65.2 Å². The van der Waals surface area contributed by atoms with Crippen molar-refractivity contribution < 1.29 is 9.59 Å². The number of fused-ring (bicyclic) bond motifs is 3. The molecule has 0 aliphatic heterocycles.